The van der Waals surface area contributed by atoms with Crippen LogP contribution in [-0.4, -0.2) is 14.2 Å². The minimum atomic E-state index is 0.547. The molecule has 4 rings (SSSR count). The molecule has 180 valence electrons. The number of rotatable bonds is 8. The van der Waals surface area contributed by atoms with Gasteiger partial charge in [0, 0.05) is 7.14 Å². The van der Waals surface area contributed by atoms with E-state index in [0.717, 1.165) is 40.9 Å². The third-order valence-corrected chi connectivity index (χ3v) is 9.46. The summed E-state index contributed by atoms with van der Waals surface area (Å²) in [5.41, 5.74) is 6.93. The predicted molar refractivity (Wildman–Crippen MR) is 176 cm³/mol. The molecule has 0 heterocycles. The average Bonchev–Trinajstić information content (AvgIpc) is 2.87. The van der Waals surface area contributed by atoms with Gasteiger partial charge < -0.3 is 14.2 Å². The van der Waals surface area contributed by atoms with Gasteiger partial charge in [-0.1, -0.05) is 24.3 Å². The average molecular weight is 914 g/mol. The van der Waals surface area contributed by atoms with E-state index in [1.54, 1.807) is 14.2 Å². The lowest BCUT2D eigenvalue weighted by atomic mass is 10.0. The Labute approximate surface area is 260 Å². The van der Waals surface area contributed by atoms with Crippen LogP contribution >= 0.6 is 90.4 Å². The van der Waals surface area contributed by atoms with Gasteiger partial charge in [-0.2, -0.15) is 0 Å². The van der Waals surface area contributed by atoms with Gasteiger partial charge in [0.05, 0.1) is 34.6 Å². The molecule has 0 bridgehead atoms. The molecule has 0 fully saturated rings. The Morgan fingerprint density at radius 1 is 0.486 bits per heavy atom. The topological polar surface area (TPSA) is 27.7 Å². The van der Waals surface area contributed by atoms with Crippen LogP contribution in [-0.2, 0) is 18.0 Å². The number of benzene rings is 4. The summed E-state index contributed by atoms with van der Waals surface area (Å²) in [6.45, 7) is 1.09. The van der Waals surface area contributed by atoms with Crippen LogP contribution in [0.5, 0.6) is 11.5 Å². The molecule has 0 saturated carbocycles. The highest BCUT2D eigenvalue weighted by molar-refractivity contribution is 14.1. The molecule has 0 atom stereocenters. The zero-order valence-electron chi connectivity index (χ0n) is 19.1. The Morgan fingerprint density at radius 2 is 0.829 bits per heavy atom. The van der Waals surface area contributed by atoms with Crippen molar-refractivity contribution in [3.63, 3.8) is 0 Å². The van der Waals surface area contributed by atoms with Crippen LogP contribution in [0.3, 0.4) is 0 Å². The van der Waals surface area contributed by atoms with Crippen molar-refractivity contribution in [2.45, 2.75) is 13.2 Å². The van der Waals surface area contributed by atoms with Crippen LogP contribution in [0.25, 0.3) is 22.3 Å². The van der Waals surface area contributed by atoms with Gasteiger partial charge in [0.2, 0.25) is 0 Å². The third-order valence-electron chi connectivity index (χ3n) is 5.58. The maximum atomic E-state index is 6.22. The molecule has 0 aliphatic rings. The van der Waals surface area contributed by atoms with Crippen LogP contribution in [0.2, 0.25) is 0 Å². The van der Waals surface area contributed by atoms with Crippen molar-refractivity contribution in [3.05, 3.63) is 98.2 Å². The van der Waals surface area contributed by atoms with E-state index in [1.165, 1.54) is 18.3 Å². The standard InChI is InChI=1S/C28H22I4O3/c1-33-27-13-19(5-9-25(27)31)17-3-7-23(29)21(11-17)15-35-16-22-12-18(4-8-24(22)30)20-6-10-26(32)28(14-20)34-2/h3-14H,15-16H2,1-2H3. The lowest BCUT2D eigenvalue weighted by molar-refractivity contribution is 0.106. The minimum absolute atomic E-state index is 0.547. The first-order valence-electron chi connectivity index (χ1n) is 10.7. The maximum absolute atomic E-state index is 6.22. The van der Waals surface area contributed by atoms with E-state index in [-0.39, 0.29) is 0 Å². The molecule has 0 saturated heterocycles. The quantitative estimate of drug-likeness (QED) is 0.165. The highest BCUT2D eigenvalue weighted by Crippen LogP contribution is 2.32. The van der Waals surface area contributed by atoms with Crippen LogP contribution in [0.1, 0.15) is 11.1 Å². The number of methoxy groups -OCH3 is 2. The first kappa shape index (κ1) is 27.4. The molecule has 0 spiro atoms. The second-order valence-electron chi connectivity index (χ2n) is 7.80. The Kier molecular flexibility index (Phi) is 9.97. The van der Waals surface area contributed by atoms with E-state index in [4.69, 9.17) is 14.2 Å². The highest BCUT2D eigenvalue weighted by Gasteiger charge is 2.10. The van der Waals surface area contributed by atoms with Gasteiger partial charge in [-0.3, -0.25) is 0 Å². The fourth-order valence-electron chi connectivity index (χ4n) is 3.68. The van der Waals surface area contributed by atoms with Gasteiger partial charge in [-0.25, -0.2) is 0 Å². The fourth-order valence-corrected chi connectivity index (χ4v) is 5.77. The molecule has 4 aromatic carbocycles. The van der Waals surface area contributed by atoms with Gasteiger partial charge in [-0.15, -0.1) is 0 Å². The number of hydrogen-bond donors (Lipinski definition) is 0. The van der Waals surface area contributed by atoms with Crippen LogP contribution in [0.15, 0.2) is 72.8 Å². The summed E-state index contributed by atoms with van der Waals surface area (Å²) in [4.78, 5) is 0. The highest BCUT2D eigenvalue weighted by atomic mass is 127. The van der Waals surface area contributed by atoms with Gasteiger partial charge in [0.25, 0.3) is 0 Å². The fraction of sp³-hybridized carbons (Fsp3) is 0.143. The third kappa shape index (κ3) is 6.82. The van der Waals surface area contributed by atoms with Crippen molar-refractivity contribution < 1.29 is 14.2 Å². The molecule has 0 N–H and O–H groups in total. The Bertz CT molecular complexity index is 1250. The molecule has 4 aromatic rings. The molecule has 0 amide bonds. The first-order chi connectivity index (χ1) is 16.9. The van der Waals surface area contributed by atoms with Crippen molar-refractivity contribution in [1.29, 1.82) is 0 Å². The van der Waals surface area contributed by atoms with E-state index in [9.17, 15) is 0 Å². The Hall–Kier alpha value is -0.640. The van der Waals surface area contributed by atoms with Crippen LogP contribution in [0.4, 0.5) is 0 Å². The molecule has 0 aliphatic carbocycles. The van der Waals surface area contributed by atoms with Crippen molar-refractivity contribution in [3.8, 4) is 33.8 Å². The minimum Gasteiger partial charge on any atom is -0.496 e. The van der Waals surface area contributed by atoms with Crippen molar-refractivity contribution in [2.75, 3.05) is 14.2 Å². The summed E-state index contributed by atoms with van der Waals surface area (Å²) in [5, 5.41) is 0. The smallest absolute Gasteiger partial charge is 0.132 e. The molecule has 0 unspecified atom stereocenters. The number of halogens is 4. The zero-order valence-corrected chi connectivity index (χ0v) is 27.7. The van der Waals surface area contributed by atoms with Gasteiger partial charge >= 0.3 is 0 Å². The second kappa shape index (κ2) is 12.7. The number of hydrogen-bond acceptors (Lipinski definition) is 3. The first-order valence-corrected chi connectivity index (χ1v) is 15.0. The monoisotopic (exact) mass is 914 g/mol. The lowest BCUT2D eigenvalue weighted by Crippen LogP contribution is -1.99. The van der Waals surface area contributed by atoms with E-state index in [1.807, 2.05) is 0 Å². The summed E-state index contributed by atoms with van der Waals surface area (Å²) < 4.78 is 21.8. The largest absolute Gasteiger partial charge is 0.496 e. The zero-order chi connectivity index (χ0) is 24.9. The molecule has 3 nitrogen and oxygen atoms in total. The summed E-state index contributed by atoms with van der Waals surface area (Å²) in [5.74, 6) is 1.78. The molecule has 0 aliphatic heterocycles. The maximum Gasteiger partial charge on any atom is 0.132 e. The van der Waals surface area contributed by atoms with E-state index in [2.05, 4.69) is 163 Å². The summed E-state index contributed by atoms with van der Waals surface area (Å²) in [7, 11) is 3.42. The Morgan fingerprint density at radius 3 is 1.20 bits per heavy atom. The van der Waals surface area contributed by atoms with E-state index < -0.39 is 0 Å². The summed E-state index contributed by atoms with van der Waals surface area (Å²) in [6, 6.07) is 25.6. The van der Waals surface area contributed by atoms with Crippen LogP contribution < -0.4 is 9.47 Å². The summed E-state index contributed by atoms with van der Waals surface area (Å²) in [6.07, 6.45) is 0. The normalized spacial score (nSPS) is 10.9. The molecular formula is C28H22I4O3. The predicted octanol–water partition coefficient (Wildman–Crippen LogP) is 9.17. The van der Waals surface area contributed by atoms with Gasteiger partial charge in [0.15, 0.2) is 0 Å². The van der Waals surface area contributed by atoms with Crippen molar-refractivity contribution in [1.82, 2.24) is 0 Å². The SMILES string of the molecule is COc1cc(-c2ccc(I)c(COCc3cc(-c4ccc(I)c(OC)c4)ccc3I)c2)ccc1I. The van der Waals surface area contributed by atoms with Crippen molar-refractivity contribution in [2.24, 2.45) is 0 Å². The van der Waals surface area contributed by atoms with Crippen molar-refractivity contribution >= 4 is 90.4 Å². The molecule has 0 aromatic heterocycles. The molecule has 7 heteroatoms. The lowest BCUT2D eigenvalue weighted by Gasteiger charge is -2.13. The van der Waals surface area contributed by atoms with E-state index >= 15 is 0 Å². The Balaban J connectivity index is 1.50. The van der Waals surface area contributed by atoms with Crippen LogP contribution in [0, 0.1) is 14.3 Å². The molecule has 35 heavy (non-hydrogen) atoms. The number of ether oxygens (including phenoxy) is 3. The second-order valence-corrected chi connectivity index (χ2v) is 12.5. The molecule has 0 radical (unpaired) electrons. The summed E-state index contributed by atoms with van der Waals surface area (Å²) >= 11 is 9.34. The van der Waals surface area contributed by atoms with Gasteiger partial charge in [0.1, 0.15) is 11.5 Å². The molecular weight excluding hydrogens is 892 g/mol. The van der Waals surface area contributed by atoms with E-state index in [0.29, 0.717) is 13.2 Å². The van der Waals surface area contributed by atoms with Gasteiger partial charge in [-0.05, 0) is 172 Å².